The minimum absolute atomic E-state index is 0.411. The summed E-state index contributed by atoms with van der Waals surface area (Å²) in [6, 6.07) is 15.8. The van der Waals surface area contributed by atoms with E-state index in [0.717, 1.165) is 32.9 Å². The molecule has 0 saturated heterocycles. The van der Waals surface area contributed by atoms with Crippen molar-refractivity contribution in [1.29, 1.82) is 0 Å². The molecule has 2 N–H and O–H groups in total. The van der Waals surface area contributed by atoms with Crippen LogP contribution in [0.4, 0.5) is 4.79 Å². The van der Waals surface area contributed by atoms with Gasteiger partial charge in [-0.05, 0) is 44.0 Å². The van der Waals surface area contributed by atoms with Gasteiger partial charge in [-0.15, -0.1) is 0 Å². The van der Waals surface area contributed by atoms with Gasteiger partial charge in [0.25, 0.3) is 0 Å². The fourth-order valence-corrected chi connectivity index (χ4v) is 3.76. The number of aromatic nitrogens is 2. The summed E-state index contributed by atoms with van der Waals surface area (Å²) in [6.07, 6.45) is 3.76. The summed E-state index contributed by atoms with van der Waals surface area (Å²) >= 11 is 0. The highest BCUT2D eigenvalue weighted by Crippen LogP contribution is 2.26. The normalized spacial score (nSPS) is 13.1. The summed E-state index contributed by atoms with van der Waals surface area (Å²) in [5.41, 5.74) is 3.30. The first-order valence-electron chi connectivity index (χ1n) is 9.87. The number of benzene rings is 2. The van der Waals surface area contributed by atoms with Gasteiger partial charge in [0.2, 0.25) is 0 Å². The Hall–Kier alpha value is -3.05. The number of carbonyl (C=O) groups is 1. The number of nitrogens with zero attached hydrogens (tertiary/aromatic N) is 1. The highest BCUT2D eigenvalue weighted by molar-refractivity contribution is 5.92. The third-order valence-electron chi connectivity index (χ3n) is 4.97. The number of nitrogens with one attached hydrogen (secondary N) is 1. The first-order chi connectivity index (χ1) is 13.8. The van der Waals surface area contributed by atoms with Gasteiger partial charge in [0.1, 0.15) is 5.60 Å². The lowest BCUT2D eigenvalue weighted by atomic mass is 10.0. The van der Waals surface area contributed by atoms with Crippen LogP contribution in [-0.4, -0.2) is 32.5 Å². The second-order valence-electron chi connectivity index (χ2n) is 8.44. The molecule has 0 aliphatic heterocycles. The van der Waals surface area contributed by atoms with Crippen molar-refractivity contribution in [2.75, 3.05) is 0 Å². The van der Waals surface area contributed by atoms with Crippen LogP contribution < -0.4 is 0 Å². The van der Waals surface area contributed by atoms with Crippen LogP contribution >= 0.6 is 0 Å². The molecule has 0 fully saturated rings. The number of rotatable bonds is 4. The second kappa shape index (κ2) is 7.41. The molecule has 4 rings (SSSR count). The summed E-state index contributed by atoms with van der Waals surface area (Å²) in [7, 11) is 0. The zero-order chi connectivity index (χ0) is 20.6. The van der Waals surface area contributed by atoms with Gasteiger partial charge >= 0.3 is 6.09 Å². The van der Waals surface area contributed by atoms with Crippen molar-refractivity contribution >= 4 is 27.9 Å². The third-order valence-corrected chi connectivity index (χ3v) is 4.97. The molecule has 0 radical (unpaired) electrons. The van der Waals surface area contributed by atoms with E-state index in [4.69, 9.17) is 4.74 Å². The summed E-state index contributed by atoms with van der Waals surface area (Å²) in [6.45, 7) is 5.55. The molecule has 0 aliphatic carbocycles. The van der Waals surface area contributed by atoms with E-state index in [2.05, 4.69) is 11.1 Å². The minimum Gasteiger partial charge on any atom is -0.443 e. The summed E-state index contributed by atoms with van der Waals surface area (Å²) in [4.78, 5) is 15.9. The Morgan fingerprint density at radius 1 is 1.03 bits per heavy atom. The molecule has 0 spiro atoms. The van der Waals surface area contributed by atoms with E-state index in [-0.39, 0.29) is 0 Å². The van der Waals surface area contributed by atoms with Crippen LogP contribution in [0.2, 0.25) is 0 Å². The molecule has 0 amide bonds. The number of hydrogen-bond acceptors (Lipinski definition) is 3. The summed E-state index contributed by atoms with van der Waals surface area (Å²) < 4.78 is 7.08. The standard InChI is InChI=1S/C24H26N2O3/c1-24(2,3)29-23(28)26-15-17(20-9-5-7-11-22(20)26)13-18(27)12-16-14-25-21-10-6-4-8-19(16)21/h4-11,14-15,18,25,27H,12-13H2,1-3H3. The Morgan fingerprint density at radius 3 is 2.45 bits per heavy atom. The molecule has 2 aromatic heterocycles. The predicted molar refractivity (Wildman–Crippen MR) is 115 cm³/mol. The maximum Gasteiger partial charge on any atom is 0.419 e. The van der Waals surface area contributed by atoms with Crippen molar-refractivity contribution in [3.05, 3.63) is 72.1 Å². The predicted octanol–water partition coefficient (Wildman–Crippen LogP) is 5.05. The molecular formula is C24H26N2O3. The van der Waals surface area contributed by atoms with E-state index in [1.807, 2.05) is 69.4 Å². The van der Waals surface area contributed by atoms with Crippen molar-refractivity contribution in [3.8, 4) is 0 Å². The van der Waals surface area contributed by atoms with Crippen LogP contribution in [0.5, 0.6) is 0 Å². The van der Waals surface area contributed by atoms with Gasteiger partial charge in [-0.2, -0.15) is 0 Å². The fourth-order valence-electron chi connectivity index (χ4n) is 3.76. The van der Waals surface area contributed by atoms with Gasteiger partial charge in [0.05, 0.1) is 11.6 Å². The highest BCUT2D eigenvalue weighted by Gasteiger charge is 2.21. The topological polar surface area (TPSA) is 67.2 Å². The molecule has 2 heterocycles. The molecule has 2 aromatic carbocycles. The molecule has 29 heavy (non-hydrogen) atoms. The largest absolute Gasteiger partial charge is 0.443 e. The quantitative estimate of drug-likeness (QED) is 0.512. The maximum absolute atomic E-state index is 12.7. The molecule has 1 atom stereocenters. The average Bonchev–Trinajstić information content (AvgIpc) is 3.23. The van der Waals surface area contributed by atoms with Crippen molar-refractivity contribution in [1.82, 2.24) is 9.55 Å². The molecule has 1 unspecified atom stereocenters. The Bertz CT molecular complexity index is 1160. The Morgan fingerprint density at radius 2 is 1.69 bits per heavy atom. The van der Waals surface area contributed by atoms with Crippen LogP contribution in [0.25, 0.3) is 21.8 Å². The number of fused-ring (bicyclic) bond motifs is 2. The number of H-pyrrole nitrogens is 1. The van der Waals surface area contributed by atoms with Crippen molar-refractivity contribution in [2.24, 2.45) is 0 Å². The Labute approximate surface area is 169 Å². The minimum atomic E-state index is -0.572. The number of hydrogen-bond donors (Lipinski definition) is 2. The molecule has 5 nitrogen and oxygen atoms in total. The van der Waals surface area contributed by atoms with E-state index in [1.54, 1.807) is 6.20 Å². The highest BCUT2D eigenvalue weighted by atomic mass is 16.6. The Kier molecular flexibility index (Phi) is 4.92. The van der Waals surface area contributed by atoms with E-state index in [1.165, 1.54) is 4.57 Å². The van der Waals surface area contributed by atoms with Crippen LogP contribution in [-0.2, 0) is 17.6 Å². The first-order valence-corrected chi connectivity index (χ1v) is 9.87. The molecule has 4 aromatic rings. The van der Waals surface area contributed by atoms with Crippen LogP contribution in [0.15, 0.2) is 60.9 Å². The molecular weight excluding hydrogens is 364 g/mol. The van der Waals surface area contributed by atoms with Gasteiger partial charge in [-0.25, -0.2) is 4.79 Å². The Balaban J connectivity index is 1.60. The summed E-state index contributed by atoms with van der Waals surface area (Å²) in [5, 5.41) is 12.9. The van der Waals surface area contributed by atoms with Crippen LogP contribution in [0.3, 0.4) is 0 Å². The van der Waals surface area contributed by atoms with Crippen molar-refractivity contribution in [3.63, 3.8) is 0 Å². The second-order valence-corrected chi connectivity index (χ2v) is 8.44. The van der Waals surface area contributed by atoms with Crippen molar-refractivity contribution < 1.29 is 14.6 Å². The number of aliphatic hydroxyl groups excluding tert-OH is 1. The van der Waals surface area contributed by atoms with E-state index >= 15 is 0 Å². The van der Waals surface area contributed by atoms with Crippen molar-refractivity contribution in [2.45, 2.75) is 45.3 Å². The first kappa shape index (κ1) is 19.3. The maximum atomic E-state index is 12.7. The number of carbonyl (C=O) groups excluding carboxylic acids is 1. The average molecular weight is 390 g/mol. The molecule has 0 saturated carbocycles. The number of para-hydroxylation sites is 2. The lowest BCUT2D eigenvalue weighted by Gasteiger charge is -2.19. The zero-order valence-electron chi connectivity index (χ0n) is 17.0. The van der Waals surface area contributed by atoms with Crippen LogP contribution in [0.1, 0.15) is 31.9 Å². The number of aliphatic hydroxyl groups is 1. The van der Waals surface area contributed by atoms with Gasteiger partial charge in [-0.3, -0.25) is 4.57 Å². The van der Waals surface area contributed by atoms with E-state index < -0.39 is 17.8 Å². The molecule has 0 bridgehead atoms. The van der Waals surface area contributed by atoms with Gasteiger partial charge in [0, 0.05) is 41.5 Å². The SMILES string of the molecule is CC(C)(C)OC(=O)n1cc(CC(O)Cc2c[nH]c3ccccc23)c2ccccc21. The monoisotopic (exact) mass is 390 g/mol. The lowest BCUT2D eigenvalue weighted by Crippen LogP contribution is -2.26. The van der Waals surface area contributed by atoms with E-state index in [0.29, 0.717) is 12.8 Å². The summed E-state index contributed by atoms with van der Waals surface area (Å²) in [5.74, 6) is 0. The molecule has 0 aliphatic rings. The van der Waals surface area contributed by atoms with Crippen LogP contribution in [0, 0.1) is 0 Å². The fraction of sp³-hybridized carbons (Fsp3) is 0.292. The molecule has 150 valence electrons. The van der Waals surface area contributed by atoms with Gasteiger partial charge in [0.15, 0.2) is 0 Å². The number of ether oxygens (including phenoxy) is 1. The van der Waals surface area contributed by atoms with E-state index in [9.17, 15) is 9.90 Å². The smallest absolute Gasteiger partial charge is 0.419 e. The van der Waals surface area contributed by atoms with Gasteiger partial charge < -0.3 is 14.8 Å². The molecule has 5 heteroatoms. The zero-order valence-corrected chi connectivity index (χ0v) is 17.0. The lowest BCUT2D eigenvalue weighted by molar-refractivity contribution is 0.0544. The van der Waals surface area contributed by atoms with Gasteiger partial charge in [-0.1, -0.05) is 36.4 Å². The third kappa shape index (κ3) is 4.05. The number of aromatic amines is 1.